The smallest absolute Gasteiger partial charge is 0.255 e. The molecule has 1 saturated heterocycles. The number of piperidine rings is 1. The third-order valence-electron chi connectivity index (χ3n) is 3.71. The number of hydrogen-bond donors (Lipinski definition) is 1. The van der Waals surface area contributed by atoms with Crippen molar-refractivity contribution in [1.82, 2.24) is 10.2 Å². The van der Waals surface area contributed by atoms with Gasteiger partial charge in [0.1, 0.15) is 6.04 Å². The number of nitrogens with one attached hydrogen (secondary N) is 1. The van der Waals surface area contributed by atoms with Crippen molar-refractivity contribution in [2.24, 2.45) is 0 Å². The molecule has 0 aliphatic carbocycles. The Labute approximate surface area is 114 Å². The molecule has 0 saturated carbocycles. The second-order valence-electron chi connectivity index (χ2n) is 4.90. The lowest BCUT2D eigenvalue weighted by Crippen LogP contribution is -2.52. The van der Waals surface area contributed by atoms with Crippen molar-refractivity contribution in [2.45, 2.75) is 25.4 Å². The van der Waals surface area contributed by atoms with Crippen molar-refractivity contribution in [1.29, 1.82) is 0 Å². The summed E-state index contributed by atoms with van der Waals surface area (Å²) in [7, 11) is 0. The number of rotatable bonds is 2. The zero-order chi connectivity index (χ0) is 14.3. The highest BCUT2D eigenvalue weighted by Crippen LogP contribution is 2.29. The highest BCUT2D eigenvalue weighted by molar-refractivity contribution is 6.08. The highest BCUT2D eigenvalue weighted by Gasteiger charge is 2.39. The molecule has 1 fully saturated rings. The van der Waals surface area contributed by atoms with E-state index in [-0.39, 0.29) is 18.2 Å². The van der Waals surface area contributed by atoms with Crippen LogP contribution in [0.5, 0.6) is 0 Å². The minimum Gasteiger partial charge on any atom is -0.322 e. The summed E-state index contributed by atoms with van der Waals surface area (Å²) >= 11 is 0. The Morgan fingerprint density at radius 1 is 1.25 bits per heavy atom. The van der Waals surface area contributed by atoms with E-state index >= 15 is 0 Å². The highest BCUT2D eigenvalue weighted by atomic mass is 16.2. The topological polar surface area (TPSA) is 83.6 Å². The van der Waals surface area contributed by atoms with Crippen molar-refractivity contribution >= 4 is 24.0 Å². The van der Waals surface area contributed by atoms with Gasteiger partial charge in [-0.25, -0.2) is 0 Å². The lowest BCUT2D eigenvalue weighted by atomic mass is 10.0. The van der Waals surface area contributed by atoms with E-state index in [4.69, 9.17) is 0 Å². The maximum atomic E-state index is 12.4. The molecule has 1 unspecified atom stereocenters. The fourth-order valence-corrected chi connectivity index (χ4v) is 2.74. The number of fused-ring (bicyclic) bond motifs is 1. The molecule has 6 heteroatoms. The molecule has 2 aliphatic heterocycles. The van der Waals surface area contributed by atoms with Gasteiger partial charge in [0.15, 0.2) is 6.29 Å². The molecule has 3 rings (SSSR count). The monoisotopic (exact) mass is 272 g/mol. The number of aldehydes is 1. The second-order valence-corrected chi connectivity index (χ2v) is 4.90. The standard InChI is InChI=1S/C14H12N2O4/c17-7-9-3-1-2-8-6-16(14(20)12(8)9)10-4-5-11(18)15-13(10)19/h1-3,7,10H,4-6H2,(H,15,18,19). The Bertz CT molecular complexity index is 638. The van der Waals surface area contributed by atoms with Crippen LogP contribution in [0.3, 0.4) is 0 Å². The van der Waals surface area contributed by atoms with Gasteiger partial charge >= 0.3 is 0 Å². The van der Waals surface area contributed by atoms with E-state index in [0.717, 1.165) is 5.56 Å². The molecule has 2 heterocycles. The first-order valence-corrected chi connectivity index (χ1v) is 6.33. The van der Waals surface area contributed by atoms with Crippen LogP contribution in [0.4, 0.5) is 0 Å². The van der Waals surface area contributed by atoms with Crippen molar-refractivity contribution in [2.75, 3.05) is 0 Å². The van der Waals surface area contributed by atoms with Crippen LogP contribution in [0.15, 0.2) is 18.2 Å². The Morgan fingerprint density at radius 3 is 2.75 bits per heavy atom. The average molecular weight is 272 g/mol. The first-order valence-electron chi connectivity index (χ1n) is 6.33. The Kier molecular flexibility index (Phi) is 2.85. The summed E-state index contributed by atoms with van der Waals surface area (Å²) < 4.78 is 0. The molecule has 0 aromatic heterocycles. The molecule has 1 aromatic rings. The van der Waals surface area contributed by atoms with Gasteiger partial charge in [-0.15, -0.1) is 0 Å². The summed E-state index contributed by atoms with van der Waals surface area (Å²) in [6, 6.07) is 4.42. The maximum absolute atomic E-state index is 12.4. The van der Waals surface area contributed by atoms with Crippen LogP contribution in [0.2, 0.25) is 0 Å². The van der Waals surface area contributed by atoms with Crippen LogP contribution in [0, 0.1) is 0 Å². The van der Waals surface area contributed by atoms with Crippen molar-refractivity contribution in [3.63, 3.8) is 0 Å². The van der Waals surface area contributed by atoms with Gasteiger partial charge < -0.3 is 4.90 Å². The van der Waals surface area contributed by atoms with Gasteiger partial charge in [-0.2, -0.15) is 0 Å². The number of benzene rings is 1. The van der Waals surface area contributed by atoms with Gasteiger partial charge in [-0.3, -0.25) is 24.5 Å². The summed E-state index contributed by atoms with van der Waals surface area (Å²) in [5.41, 5.74) is 1.44. The van der Waals surface area contributed by atoms with Gasteiger partial charge in [0.2, 0.25) is 11.8 Å². The summed E-state index contributed by atoms with van der Waals surface area (Å²) in [5, 5.41) is 2.24. The van der Waals surface area contributed by atoms with Gasteiger partial charge in [0.05, 0.1) is 5.56 Å². The van der Waals surface area contributed by atoms with Crippen molar-refractivity contribution in [3.05, 3.63) is 34.9 Å². The van der Waals surface area contributed by atoms with Crippen LogP contribution in [0.1, 0.15) is 39.1 Å². The zero-order valence-corrected chi connectivity index (χ0v) is 10.6. The second kappa shape index (κ2) is 4.56. The van der Waals surface area contributed by atoms with Crippen LogP contribution < -0.4 is 5.32 Å². The Balaban J connectivity index is 1.92. The third-order valence-corrected chi connectivity index (χ3v) is 3.71. The molecular weight excluding hydrogens is 260 g/mol. The molecule has 1 atom stereocenters. The summed E-state index contributed by atoms with van der Waals surface area (Å²) in [5.74, 6) is -1.09. The van der Waals surface area contributed by atoms with Crippen LogP contribution >= 0.6 is 0 Å². The van der Waals surface area contributed by atoms with E-state index in [0.29, 0.717) is 30.4 Å². The van der Waals surface area contributed by atoms with E-state index in [9.17, 15) is 19.2 Å². The molecule has 0 radical (unpaired) electrons. The van der Waals surface area contributed by atoms with Crippen LogP contribution in [0.25, 0.3) is 0 Å². The number of imide groups is 1. The fraction of sp³-hybridized carbons (Fsp3) is 0.286. The molecule has 0 bridgehead atoms. The minimum atomic E-state index is -0.646. The summed E-state index contributed by atoms with van der Waals surface area (Å²) in [6.45, 7) is 0.294. The van der Waals surface area contributed by atoms with Gasteiger partial charge in [-0.05, 0) is 12.0 Å². The SMILES string of the molecule is O=Cc1cccc2c1C(=O)N(C1CCC(=O)NC1=O)C2. The molecule has 1 aromatic carbocycles. The fourth-order valence-electron chi connectivity index (χ4n) is 2.74. The van der Waals surface area contributed by atoms with Crippen molar-refractivity contribution in [3.8, 4) is 0 Å². The molecule has 0 spiro atoms. The predicted molar refractivity (Wildman–Crippen MR) is 67.9 cm³/mol. The predicted octanol–water partition coefficient (Wildman–Crippen LogP) is 0.260. The minimum absolute atomic E-state index is 0.219. The number of nitrogens with zero attached hydrogens (tertiary/aromatic N) is 1. The van der Waals surface area contributed by atoms with E-state index < -0.39 is 11.9 Å². The molecule has 2 aliphatic rings. The zero-order valence-electron chi connectivity index (χ0n) is 10.6. The average Bonchev–Trinajstić information content (AvgIpc) is 2.76. The quantitative estimate of drug-likeness (QED) is 0.618. The van der Waals surface area contributed by atoms with Crippen LogP contribution in [-0.4, -0.2) is 34.9 Å². The maximum Gasteiger partial charge on any atom is 0.255 e. The lowest BCUT2D eigenvalue weighted by Gasteiger charge is -2.29. The normalized spacial score (nSPS) is 21.7. The van der Waals surface area contributed by atoms with E-state index in [2.05, 4.69) is 5.32 Å². The van der Waals surface area contributed by atoms with E-state index in [1.165, 1.54) is 4.90 Å². The Hall–Kier alpha value is -2.50. The molecular formula is C14H12N2O4. The number of carbonyl (C=O) groups excluding carboxylic acids is 4. The van der Waals surface area contributed by atoms with Gasteiger partial charge in [0, 0.05) is 18.5 Å². The first-order chi connectivity index (χ1) is 9.61. The van der Waals surface area contributed by atoms with E-state index in [1.807, 2.05) is 0 Å². The molecule has 6 nitrogen and oxygen atoms in total. The largest absolute Gasteiger partial charge is 0.322 e. The van der Waals surface area contributed by atoms with Gasteiger partial charge in [-0.1, -0.05) is 18.2 Å². The van der Waals surface area contributed by atoms with Gasteiger partial charge in [0.25, 0.3) is 5.91 Å². The lowest BCUT2D eigenvalue weighted by molar-refractivity contribution is -0.136. The number of amides is 3. The van der Waals surface area contributed by atoms with E-state index in [1.54, 1.807) is 18.2 Å². The third kappa shape index (κ3) is 1.80. The summed E-state index contributed by atoms with van der Waals surface area (Å²) in [6.07, 6.45) is 1.18. The molecule has 102 valence electrons. The number of hydrogen-bond acceptors (Lipinski definition) is 4. The van der Waals surface area contributed by atoms with Crippen molar-refractivity contribution < 1.29 is 19.2 Å². The Morgan fingerprint density at radius 2 is 2.05 bits per heavy atom. The molecule has 1 N–H and O–H groups in total. The summed E-state index contributed by atoms with van der Waals surface area (Å²) in [4.78, 5) is 47.8. The number of carbonyl (C=O) groups is 4. The van der Waals surface area contributed by atoms with Crippen LogP contribution in [-0.2, 0) is 16.1 Å². The molecule has 3 amide bonds. The first kappa shape index (κ1) is 12.5. The molecule has 20 heavy (non-hydrogen) atoms.